The van der Waals surface area contributed by atoms with Crippen LogP contribution in [0.3, 0.4) is 0 Å². The number of amides is 2. The molecule has 1 aromatic heterocycles. The smallest absolute Gasteiger partial charge is 0.273 e. The van der Waals surface area contributed by atoms with Crippen molar-refractivity contribution in [3.63, 3.8) is 0 Å². The third-order valence-corrected chi connectivity index (χ3v) is 4.61. The van der Waals surface area contributed by atoms with Crippen molar-refractivity contribution in [2.45, 2.75) is 31.8 Å². The number of rotatable bonds is 4. The van der Waals surface area contributed by atoms with E-state index in [9.17, 15) is 9.59 Å². The van der Waals surface area contributed by atoms with Crippen molar-refractivity contribution >= 4 is 22.7 Å². The van der Waals surface area contributed by atoms with Gasteiger partial charge in [-0.25, -0.2) is 0 Å². The zero-order valence-corrected chi connectivity index (χ0v) is 14.0. The van der Waals surface area contributed by atoms with Gasteiger partial charge in [-0.05, 0) is 38.9 Å². The van der Waals surface area contributed by atoms with Gasteiger partial charge in [0.2, 0.25) is 5.91 Å². The van der Waals surface area contributed by atoms with Crippen LogP contribution in [0.15, 0.2) is 24.3 Å². The Bertz CT molecular complexity index is 735. The fourth-order valence-corrected chi connectivity index (χ4v) is 3.14. The highest BCUT2D eigenvalue weighted by Gasteiger charge is 2.27. The van der Waals surface area contributed by atoms with E-state index in [-0.39, 0.29) is 17.9 Å². The molecular weight excluding hydrogens is 306 g/mol. The number of H-pyrrole nitrogens is 1. The minimum absolute atomic E-state index is 0.0740. The predicted octanol–water partition coefficient (Wildman–Crippen LogP) is 0.892. The lowest BCUT2D eigenvalue weighted by molar-refractivity contribution is -0.134. The monoisotopic (exact) mass is 329 g/mol. The van der Waals surface area contributed by atoms with Gasteiger partial charge < -0.3 is 15.5 Å². The van der Waals surface area contributed by atoms with Gasteiger partial charge in [0.1, 0.15) is 6.04 Å². The average Bonchev–Trinajstić information content (AvgIpc) is 3.05. The Morgan fingerprint density at radius 3 is 2.75 bits per heavy atom. The van der Waals surface area contributed by atoms with Crippen molar-refractivity contribution < 1.29 is 9.59 Å². The second-order valence-electron chi connectivity index (χ2n) is 6.24. The van der Waals surface area contributed by atoms with E-state index in [1.807, 2.05) is 31.3 Å². The van der Waals surface area contributed by atoms with Crippen molar-refractivity contribution in [2.75, 3.05) is 20.1 Å². The van der Waals surface area contributed by atoms with Gasteiger partial charge in [-0.1, -0.05) is 18.2 Å². The molecule has 0 radical (unpaired) electrons. The van der Waals surface area contributed by atoms with Crippen molar-refractivity contribution in [1.82, 2.24) is 25.7 Å². The fraction of sp³-hybridized carbons (Fsp3) is 0.471. The molecule has 1 aromatic carbocycles. The summed E-state index contributed by atoms with van der Waals surface area (Å²) in [6, 6.07) is 7.06. The van der Waals surface area contributed by atoms with E-state index in [1.54, 1.807) is 11.8 Å². The summed E-state index contributed by atoms with van der Waals surface area (Å²) >= 11 is 0. The summed E-state index contributed by atoms with van der Waals surface area (Å²) in [7, 11) is 1.81. The fourth-order valence-electron chi connectivity index (χ4n) is 3.14. The van der Waals surface area contributed by atoms with Crippen LogP contribution in [0.5, 0.6) is 0 Å². The third kappa shape index (κ3) is 3.26. The van der Waals surface area contributed by atoms with Crippen LogP contribution in [-0.4, -0.2) is 59.1 Å². The molecule has 1 saturated heterocycles. The minimum atomic E-state index is -0.590. The van der Waals surface area contributed by atoms with Gasteiger partial charge in [0.15, 0.2) is 5.69 Å². The Balaban J connectivity index is 1.66. The first-order valence-corrected chi connectivity index (χ1v) is 8.29. The first-order chi connectivity index (χ1) is 11.6. The SMILES string of the molecule is CC(NC(=O)c1n[nH]c2ccccc12)C(=O)N(C)C1CCNCC1. The van der Waals surface area contributed by atoms with E-state index in [4.69, 9.17) is 0 Å². The molecule has 1 fully saturated rings. The molecule has 1 aliphatic rings. The number of para-hydroxylation sites is 1. The maximum atomic E-state index is 12.6. The van der Waals surface area contributed by atoms with Crippen LogP contribution in [0.2, 0.25) is 0 Å². The zero-order chi connectivity index (χ0) is 17.1. The van der Waals surface area contributed by atoms with Crippen LogP contribution in [-0.2, 0) is 4.79 Å². The number of carbonyl (C=O) groups excluding carboxylic acids is 2. The number of fused-ring (bicyclic) bond motifs is 1. The molecule has 1 unspecified atom stereocenters. The molecule has 0 spiro atoms. The number of nitrogens with zero attached hydrogens (tertiary/aromatic N) is 2. The predicted molar refractivity (Wildman–Crippen MR) is 91.7 cm³/mol. The molecule has 24 heavy (non-hydrogen) atoms. The molecule has 1 atom stereocenters. The molecule has 3 N–H and O–H groups in total. The Hall–Kier alpha value is -2.41. The highest BCUT2D eigenvalue weighted by Crippen LogP contribution is 2.15. The summed E-state index contributed by atoms with van der Waals surface area (Å²) in [5, 5.41) is 13.7. The highest BCUT2D eigenvalue weighted by atomic mass is 16.2. The minimum Gasteiger partial charge on any atom is -0.341 e. The number of aromatic amines is 1. The summed E-state index contributed by atoms with van der Waals surface area (Å²) in [4.78, 5) is 26.8. The molecular formula is C17H23N5O2. The molecule has 7 nitrogen and oxygen atoms in total. The Kier molecular flexibility index (Phi) is 4.80. The number of piperidine rings is 1. The Labute approximate surface area is 140 Å². The first-order valence-electron chi connectivity index (χ1n) is 8.29. The molecule has 0 aliphatic carbocycles. The van der Waals surface area contributed by atoms with Gasteiger partial charge in [-0.15, -0.1) is 0 Å². The summed E-state index contributed by atoms with van der Waals surface area (Å²) in [5.74, 6) is -0.415. The molecule has 1 aliphatic heterocycles. The second kappa shape index (κ2) is 7.00. The normalized spacial score (nSPS) is 16.8. The van der Waals surface area contributed by atoms with Crippen molar-refractivity contribution in [2.24, 2.45) is 0 Å². The second-order valence-corrected chi connectivity index (χ2v) is 6.24. The molecule has 0 saturated carbocycles. The lowest BCUT2D eigenvalue weighted by atomic mass is 10.0. The van der Waals surface area contributed by atoms with Gasteiger partial charge >= 0.3 is 0 Å². The number of hydrogen-bond acceptors (Lipinski definition) is 4. The summed E-state index contributed by atoms with van der Waals surface area (Å²) in [6.07, 6.45) is 1.87. The molecule has 2 heterocycles. The molecule has 128 valence electrons. The number of nitrogens with one attached hydrogen (secondary N) is 3. The number of likely N-dealkylation sites (N-methyl/N-ethyl adjacent to an activating group) is 1. The summed E-state index contributed by atoms with van der Waals surface area (Å²) in [5.41, 5.74) is 1.11. The van der Waals surface area contributed by atoms with E-state index in [2.05, 4.69) is 20.8 Å². The lowest BCUT2D eigenvalue weighted by Crippen LogP contribution is -2.51. The Morgan fingerprint density at radius 1 is 1.29 bits per heavy atom. The molecule has 3 rings (SSSR count). The van der Waals surface area contributed by atoms with E-state index in [0.717, 1.165) is 36.8 Å². The standard InChI is InChI=1S/C17H23N5O2/c1-11(17(24)22(2)12-7-9-18-10-8-12)19-16(23)15-13-5-3-4-6-14(13)20-21-15/h3-6,11-12,18H,7-10H2,1-2H3,(H,19,23)(H,20,21). The number of carbonyl (C=O) groups is 2. The van der Waals surface area contributed by atoms with Crippen LogP contribution in [0.1, 0.15) is 30.3 Å². The maximum absolute atomic E-state index is 12.6. The van der Waals surface area contributed by atoms with Crippen LogP contribution in [0.25, 0.3) is 10.9 Å². The van der Waals surface area contributed by atoms with Gasteiger partial charge in [-0.2, -0.15) is 5.10 Å². The van der Waals surface area contributed by atoms with Crippen LogP contribution < -0.4 is 10.6 Å². The van der Waals surface area contributed by atoms with Crippen LogP contribution >= 0.6 is 0 Å². The average molecular weight is 329 g/mol. The number of aromatic nitrogens is 2. The zero-order valence-electron chi connectivity index (χ0n) is 14.0. The van der Waals surface area contributed by atoms with Crippen molar-refractivity contribution in [3.8, 4) is 0 Å². The summed E-state index contributed by atoms with van der Waals surface area (Å²) in [6.45, 7) is 3.55. The van der Waals surface area contributed by atoms with E-state index < -0.39 is 6.04 Å². The number of benzene rings is 1. The molecule has 7 heteroatoms. The van der Waals surface area contributed by atoms with Crippen LogP contribution in [0, 0.1) is 0 Å². The lowest BCUT2D eigenvalue weighted by Gasteiger charge is -2.33. The molecule has 0 bridgehead atoms. The molecule has 2 amide bonds. The highest BCUT2D eigenvalue weighted by molar-refractivity contribution is 6.05. The van der Waals surface area contributed by atoms with E-state index in [0.29, 0.717) is 5.69 Å². The Morgan fingerprint density at radius 2 is 2.00 bits per heavy atom. The van der Waals surface area contributed by atoms with E-state index >= 15 is 0 Å². The first kappa shape index (κ1) is 16.4. The molecule has 2 aromatic rings. The van der Waals surface area contributed by atoms with Crippen LogP contribution in [0.4, 0.5) is 0 Å². The topological polar surface area (TPSA) is 90.1 Å². The maximum Gasteiger partial charge on any atom is 0.273 e. The third-order valence-electron chi connectivity index (χ3n) is 4.61. The van der Waals surface area contributed by atoms with Gasteiger partial charge in [-0.3, -0.25) is 14.7 Å². The van der Waals surface area contributed by atoms with Crippen molar-refractivity contribution in [1.29, 1.82) is 0 Å². The van der Waals surface area contributed by atoms with Gasteiger partial charge in [0.05, 0.1) is 5.52 Å². The largest absolute Gasteiger partial charge is 0.341 e. The van der Waals surface area contributed by atoms with E-state index in [1.165, 1.54) is 0 Å². The summed E-state index contributed by atoms with van der Waals surface area (Å²) < 4.78 is 0. The quantitative estimate of drug-likeness (QED) is 0.777. The van der Waals surface area contributed by atoms with Gasteiger partial charge in [0, 0.05) is 18.5 Å². The van der Waals surface area contributed by atoms with Crippen molar-refractivity contribution in [3.05, 3.63) is 30.0 Å². The van der Waals surface area contributed by atoms with Gasteiger partial charge in [0.25, 0.3) is 5.91 Å². The number of hydrogen-bond donors (Lipinski definition) is 3.